The summed E-state index contributed by atoms with van der Waals surface area (Å²) < 4.78 is 32.7. The zero-order valence-electron chi connectivity index (χ0n) is 18.7. The molecular formula is C24H32N2O4S. The van der Waals surface area contributed by atoms with E-state index in [1.807, 2.05) is 31.2 Å². The summed E-state index contributed by atoms with van der Waals surface area (Å²) in [6.45, 7) is 9.08. The predicted octanol–water partition coefficient (Wildman–Crippen LogP) is 3.64. The van der Waals surface area contributed by atoms with Crippen LogP contribution in [0.15, 0.2) is 53.4 Å². The molecule has 1 heterocycles. The fraction of sp³-hybridized carbons (Fsp3) is 0.458. The van der Waals surface area contributed by atoms with Crippen LogP contribution in [0, 0.1) is 6.92 Å². The molecular weight excluding hydrogens is 412 g/mol. The van der Waals surface area contributed by atoms with Gasteiger partial charge < -0.3 is 10.1 Å². The summed E-state index contributed by atoms with van der Waals surface area (Å²) in [6, 6.07) is 14.6. The molecule has 6 nitrogen and oxygen atoms in total. The van der Waals surface area contributed by atoms with Crippen LogP contribution in [0.2, 0.25) is 0 Å². The Hall–Kier alpha value is -2.38. The summed E-state index contributed by atoms with van der Waals surface area (Å²) >= 11 is 0. The summed E-state index contributed by atoms with van der Waals surface area (Å²) in [7, 11) is -3.50. The van der Waals surface area contributed by atoms with E-state index in [9.17, 15) is 13.2 Å². The predicted molar refractivity (Wildman–Crippen MR) is 122 cm³/mol. The molecule has 0 saturated carbocycles. The Morgan fingerprint density at radius 1 is 1.03 bits per heavy atom. The van der Waals surface area contributed by atoms with Gasteiger partial charge >= 0.3 is 0 Å². The maximum absolute atomic E-state index is 12.8. The molecule has 1 saturated heterocycles. The molecule has 1 N–H and O–H groups in total. The third kappa shape index (κ3) is 6.08. The summed E-state index contributed by atoms with van der Waals surface area (Å²) in [5.41, 5.74) is 2.29. The zero-order valence-corrected chi connectivity index (χ0v) is 19.5. The van der Waals surface area contributed by atoms with Gasteiger partial charge in [0.2, 0.25) is 10.0 Å². The monoisotopic (exact) mass is 444 g/mol. The van der Waals surface area contributed by atoms with Gasteiger partial charge in [0.1, 0.15) is 5.75 Å². The van der Waals surface area contributed by atoms with Crippen molar-refractivity contribution in [3.8, 4) is 5.75 Å². The van der Waals surface area contributed by atoms with Crippen molar-refractivity contribution in [2.24, 2.45) is 0 Å². The Labute approximate surface area is 185 Å². The van der Waals surface area contributed by atoms with E-state index in [-0.39, 0.29) is 24.0 Å². The van der Waals surface area contributed by atoms with Crippen molar-refractivity contribution < 1.29 is 17.9 Å². The maximum Gasteiger partial charge on any atom is 0.258 e. The molecule has 0 atom stereocenters. The quantitative estimate of drug-likeness (QED) is 0.738. The van der Waals surface area contributed by atoms with Gasteiger partial charge in [-0.2, -0.15) is 4.31 Å². The van der Waals surface area contributed by atoms with E-state index in [1.54, 1.807) is 24.3 Å². The van der Waals surface area contributed by atoms with Crippen LogP contribution < -0.4 is 10.1 Å². The van der Waals surface area contributed by atoms with Gasteiger partial charge in [0.05, 0.1) is 4.90 Å². The first-order chi connectivity index (χ1) is 14.6. The van der Waals surface area contributed by atoms with E-state index in [2.05, 4.69) is 26.1 Å². The van der Waals surface area contributed by atoms with Gasteiger partial charge in [-0.1, -0.05) is 50.6 Å². The number of aryl methyl sites for hydroxylation is 1. The highest BCUT2D eigenvalue weighted by Crippen LogP contribution is 2.24. The van der Waals surface area contributed by atoms with Crippen molar-refractivity contribution in [3.63, 3.8) is 0 Å². The van der Waals surface area contributed by atoms with E-state index < -0.39 is 10.0 Å². The number of benzene rings is 2. The highest BCUT2D eigenvalue weighted by molar-refractivity contribution is 7.89. The second-order valence-corrected chi connectivity index (χ2v) is 11.1. The third-order valence-electron chi connectivity index (χ3n) is 5.57. The minimum absolute atomic E-state index is 0.0520. The Morgan fingerprint density at radius 2 is 1.61 bits per heavy atom. The van der Waals surface area contributed by atoms with Gasteiger partial charge in [-0.25, -0.2) is 8.42 Å². The number of sulfonamides is 1. The first kappa shape index (κ1) is 23.3. The lowest BCUT2D eigenvalue weighted by molar-refractivity contribution is -0.124. The normalized spacial score (nSPS) is 16.1. The molecule has 31 heavy (non-hydrogen) atoms. The van der Waals surface area contributed by atoms with Crippen molar-refractivity contribution in [1.29, 1.82) is 0 Å². The molecule has 0 unspecified atom stereocenters. The number of carbonyl (C=O) groups is 1. The first-order valence-electron chi connectivity index (χ1n) is 10.7. The lowest BCUT2D eigenvalue weighted by atomic mass is 9.87. The van der Waals surface area contributed by atoms with Gasteiger partial charge in [0.25, 0.3) is 5.91 Å². The lowest BCUT2D eigenvalue weighted by Crippen LogP contribution is -2.47. The van der Waals surface area contributed by atoms with Crippen LogP contribution in [-0.4, -0.2) is 44.4 Å². The molecule has 1 aliphatic rings. The van der Waals surface area contributed by atoms with Crippen LogP contribution in [0.1, 0.15) is 44.7 Å². The Kier molecular flexibility index (Phi) is 7.06. The highest BCUT2D eigenvalue weighted by Gasteiger charge is 2.29. The summed E-state index contributed by atoms with van der Waals surface area (Å²) in [5.74, 6) is 0.460. The SMILES string of the molecule is Cc1ccc(S(=O)(=O)N2CCC(NC(=O)COc3ccc(C(C)(C)C)cc3)CC2)cc1. The number of nitrogens with zero attached hydrogens (tertiary/aromatic N) is 1. The van der Waals surface area contributed by atoms with Crippen LogP contribution in [0.5, 0.6) is 5.75 Å². The summed E-state index contributed by atoms with van der Waals surface area (Å²) in [5, 5.41) is 2.96. The molecule has 0 spiro atoms. The first-order valence-corrected chi connectivity index (χ1v) is 12.1. The molecule has 1 fully saturated rings. The van der Waals surface area contributed by atoms with Crippen LogP contribution in [0.4, 0.5) is 0 Å². The largest absolute Gasteiger partial charge is 0.484 e. The number of rotatable bonds is 6. The number of piperidine rings is 1. The molecule has 168 valence electrons. The lowest BCUT2D eigenvalue weighted by Gasteiger charge is -2.31. The fourth-order valence-corrected chi connectivity index (χ4v) is 5.04. The number of hydrogen-bond donors (Lipinski definition) is 1. The summed E-state index contributed by atoms with van der Waals surface area (Å²) in [4.78, 5) is 12.6. The van der Waals surface area contributed by atoms with Crippen molar-refractivity contribution >= 4 is 15.9 Å². The number of carbonyl (C=O) groups excluding carboxylic acids is 1. The number of amides is 1. The van der Waals surface area contributed by atoms with Crippen LogP contribution in [-0.2, 0) is 20.2 Å². The molecule has 0 aromatic heterocycles. The fourth-order valence-electron chi connectivity index (χ4n) is 3.57. The standard InChI is InChI=1S/C24H32N2O4S/c1-18-5-11-22(12-6-18)31(28,29)26-15-13-20(14-16-26)25-23(27)17-30-21-9-7-19(8-10-21)24(2,3)4/h5-12,20H,13-17H2,1-4H3,(H,25,27). The third-order valence-corrected chi connectivity index (χ3v) is 7.48. The smallest absolute Gasteiger partial charge is 0.258 e. The minimum atomic E-state index is -3.50. The molecule has 1 aliphatic heterocycles. The minimum Gasteiger partial charge on any atom is -0.484 e. The molecule has 7 heteroatoms. The van der Waals surface area contributed by atoms with E-state index >= 15 is 0 Å². The Bertz CT molecular complexity index is 985. The van der Waals surface area contributed by atoms with Gasteiger partial charge in [0.15, 0.2) is 6.61 Å². The van der Waals surface area contributed by atoms with Crippen molar-refractivity contribution in [3.05, 3.63) is 59.7 Å². The van der Waals surface area contributed by atoms with Crippen LogP contribution in [0.25, 0.3) is 0 Å². The topological polar surface area (TPSA) is 75.7 Å². The van der Waals surface area contributed by atoms with E-state index in [0.29, 0.717) is 36.6 Å². The van der Waals surface area contributed by atoms with Crippen LogP contribution >= 0.6 is 0 Å². The molecule has 0 aliphatic carbocycles. The average Bonchev–Trinajstić information content (AvgIpc) is 2.73. The van der Waals surface area contributed by atoms with E-state index in [0.717, 1.165) is 5.56 Å². The highest BCUT2D eigenvalue weighted by atomic mass is 32.2. The Balaban J connectivity index is 1.46. The van der Waals surface area contributed by atoms with Gasteiger partial charge in [0, 0.05) is 19.1 Å². The van der Waals surface area contributed by atoms with Crippen molar-refractivity contribution in [2.75, 3.05) is 19.7 Å². The second kappa shape index (κ2) is 9.40. The molecule has 0 radical (unpaired) electrons. The number of hydrogen-bond acceptors (Lipinski definition) is 4. The zero-order chi connectivity index (χ0) is 22.6. The van der Waals surface area contributed by atoms with Crippen molar-refractivity contribution in [1.82, 2.24) is 9.62 Å². The van der Waals surface area contributed by atoms with E-state index in [4.69, 9.17) is 4.74 Å². The number of nitrogens with one attached hydrogen (secondary N) is 1. The molecule has 2 aromatic carbocycles. The van der Waals surface area contributed by atoms with Gasteiger partial charge in [-0.15, -0.1) is 0 Å². The van der Waals surface area contributed by atoms with Crippen LogP contribution in [0.3, 0.4) is 0 Å². The van der Waals surface area contributed by atoms with Gasteiger partial charge in [-0.3, -0.25) is 4.79 Å². The van der Waals surface area contributed by atoms with E-state index in [1.165, 1.54) is 9.87 Å². The molecule has 0 bridgehead atoms. The second-order valence-electron chi connectivity index (χ2n) is 9.12. The van der Waals surface area contributed by atoms with Crippen molar-refractivity contribution in [2.45, 2.75) is 56.9 Å². The molecule has 1 amide bonds. The van der Waals surface area contributed by atoms with Gasteiger partial charge in [-0.05, 0) is 55.0 Å². The number of ether oxygens (including phenoxy) is 1. The molecule has 2 aromatic rings. The summed E-state index contributed by atoms with van der Waals surface area (Å²) in [6.07, 6.45) is 1.16. The Morgan fingerprint density at radius 3 is 2.16 bits per heavy atom. The molecule has 3 rings (SSSR count). The maximum atomic E-state index is 12.8. The average molecular weight is 445 g/mol.